The third-order valence-electron chi connectivity index (χ3n) is 8.95. The van der Waals surface area contributed by atoms with Gasteiger partial charge < -0.3 is 21.3 Å². The number of rotatable bonds is 13. The number of nitrogens with zero attached hydrogens (tertiary/aromatic N) is 6. The third kappa shape index (κ3) is 9.66. The van der Waals surface area contributed by atoms with Gasteiger partial charge in [0.05, 0.1) is 44.5 Å². The number of nitrogen functional groups attached to an aromatic ring is 2. The van der Waals surface area contributed by atoms with Crippen molar-refractivity contribution in [3.8, 4) is 5.75 Å². The highest BCUT2D eigenvalue weighted by Crippen LogP contribution is 2.48. The molecule has 0 radical (unpaired) electrons. The maximum absolute atomic E-state index is 12.6. The van der Waals surface area contributed by atoms with Crippen molar-refractivity contribution in [2.24, 2.45) is 30.7 Å². The van der Waals surface area contributed by atoms with Crippen LogP contribution in [-0.2, 0) is 9.84 Å². The van der Waals surface area contributed by atoms with Crippen molar-refractivity contribution in [2.45, 2.75) is 29.4 Å². The molecule has 0 atom stereocenters. The second-order valence-electron chi connectivity index (χ2n) is 12.9. The largest absolute Gasteiger partial charge is 0.505 e. The summed E-state index contributed by atoms with van der Waals surface area (Å²) in [7, 11) is -3.56. The van der Waals surface area contributed by atoms with E-state index in [1.165, 1.54) is 30.1 Å². The Labute approximate surface area is 376 Å². The number of fused-ring (bicyclic) bond motifs is 2. The van der Waals surface area contributed by atoms with Gasteiger partial charge >= 0.3 is 0 Å². The lowest BCUT2D eigenvalue weighted by Crippen LogP contribution is -2.16. The molecular formula is C40H34N10O3S7. The summed E-state index contributed by atoms with van der Waals surface area (Å²) in [4.78, 5) is 2.88. The molecule has 60 heavy (non-hydrogen) atoms. The molecule has 7 aromatic rings. The van der Waals surface area contributed by atoms with Crippen molar-refractivity contribution in [2.75, 3.05) is 28.5 Å². The van der Waals surface area contributed by atoms with Crippen LogP contribution in [0.1, 0.15) is 0 Å². The SMILES string of the molecule is Nc1ccc2c(S)cccc2c1N=Nc1ccc(NSc2ccc(N=Nc3c(S)cc4cc(S)c(N=Nc5ccc(S(=O)(=O)CCNS)cc5S)c(N)c4c3O)cc2)cc1. The van der Waals surface area contributed by atoms with Gasteiger partial charge in [-0.25, -0.2) is 8.42 Å². The topological polar surface area (TPSA) is 205 Å². The van der Waals surface area contributed by atoms with Gasteiger partial charge in [0, 0.05) is 42.1 Å². The normalized spacial score (nSPS) is 12.2. The van der Waals surface area contributed by atoms with Crippen molar-refractivity contribution < 1.29 is 13.5 Å². The zero-order chi connectivity index (χ0) is 42.6. The van der Waals surface area contributed by atoms with Crippen LogP contribution in [0, 0.1) is 0 Å². The molecule has 304 valence electrons. The fraction of sp³-hybridized carbons (Fsp3) is 0.0500. The van der Waals surface area contributed by atoms with Crippen molar-refractivity contribution in [3.05, 3.63) is 109 Å². The van der Waals surface area contributed by atoms with Crippen molar-refractivity contribution in [1.82, 2.24) is 4.72 Å². The first-order valence-corrected chi connectivity index (χ1v) is 22.3. The summed E-state index contributed by atoms with van der Waals surface area (Å²) >= 11 is 23.3. The van der Waals surface area contributed by atoms with Crippen molar-refractivity contribution >= 4 is 158 Å². The lowest BCUT2D eigenvalue weighted by Gasteiger charge is -2.12. The van der Waals surface area contributed by atoms with Crippen molar-refractivity contribution in [3.63, 3.8) is 0 Å². The van der Waals surface area contributed by atoms with E-state index in [1.54, 1.807) is 30.3 Å². The molecule has 20 heteroatoms. The Hall–Kier alpha value is -4.93. The van der Waals surface area contributed by atoms with Gasteiger partial charge in [0.1, 0.15) is 17.1 Å². The number of phenolic OH excluding ortho intramolecular Hbond substituents is 1. The van der Waals surface area contributed by atoms with E-state index in [0.29, 0.717) is 43.6 Å². The fourth-order valence-electron chi connectivity index (χ4n) is 5.88. The zero-order valence-electron chi connectivity index (χ0n) is 31.0. The number of phenols is 1. The first-order valence-electron chi connectivity index (χ1n) is 17.6. The Balaban J connectivity index is 1.02. The van der Waals surface area contributed by atoms with E-state index >= 15 is 0 Å². The Bertz CT molecular complexity index is 2970. The molecule has 13 nitrogen and oxygen atoms in total. The van der Waals surface area contributed by atoms with Crippen LogP contribution in [-0.4, -0.2) is 25.8 Å². The minimum Gasteiger partial charge on any atom is -0.505 e. The summed E-state index contributed by atoms with van der Waals surface area (Å²) in [6.45, 7) is 0.175. The number of thiol groups is 5. The highest BCUT2D eigenvalue weighted by Gasteiger charge is 2.19. The minimum absolute atomic E-state index is 0.0906. The second kappa shape index (κ2) is 18.8. The maximum atomic E-state index is 12.6. The number of benzene rings is 7. The molecule has 0 aliphatic rings. The lowest BCUT2D eigenvalue weighted by atomic mass is 10.1. The Kier molecular flexibility index (Phi) is 13.5. The summed E-state index contributed by atoms with van der Waals surface area (Å²) in [5, 5.41) is 40.1. The molecule has 0 spiro atoms. The molecule has 7 N–H and O–H groups in total. The number of aromatic hydroxyl groups is 1. The number of nitrogens with one attached hydrogen (secondary N) is 2. The smallest absolute Gasteiger partial charge is 0.179 e. The van der Waals surface area contributed by atoms with E-state index in [-0.39, 0.29) is 50.3 Å². The second-order valence-corrected chi connectivity index (χ2v) is 18.2. The van der Waals surface area contributed by atoms with Gasteiger partial charge in [-0.3, -0.25) is 4.72 Å². The summed E-state index contributed by atoms with van der Waals surface area (Å²) in [5.41, 5.74) is 16.6. The van der Waals surface area contributed by atoms with E-state index in [2.05, 4.69) is 103 Å². The predicted octanol–water partition coefficient (Wildman–Crippen LogP) is 12.6. The molecule has 0 aliphatic heterocycles. The van der Waals surface area contributed by atoms with E-state index < -0.39 is 9.84 Å². The van der Waals surface area contributed by atoms with Gasteiger partial charge in [-0.15, -0.1) is 71.0 Å². The average Bonchev–Trinajstić information content (AvgIpc) is 3.22. The number of hydrogen-bond acceptors (Lipinski definition) is 19. The van der Waals surface area contributed by atoms with Gasteiger partial charge in [-0.2, -0.15) is 10.2 Å². The fourth-order valence-corrected chi connectivity index (χ4v) is 9.19. The minimum atomic E-state index is -3.56. The Morgan fingerprint density at radius 3 is 1.98 bits per heavy atom. The van der Waals surface area contributed by atoms with E-state index in [4.69, 9.17) is 11.5 Å². The molecule has 0 fully saturated rings. The number of azo groups is 3. The van der Waals surface area contributed by atoms with E-state index in [1.807, 2.05) is 60.7 Å². The third-order valence-corrected chi connectivity index (χ3v) is 13.2. The van der Waals surface area contributed by atoms with Crippen LogP contribution in [0.15, 0.2) is 169 Å². The van der Waals surface area contributed by atoms with Gasteiger partial charge in [0.2, 0.25) is 0 Å². The number of hydrogen-bond donors (Lipinski definition) is 10. The highest BCUT2D eigenvalue weighted by atomic mass is 32.2. The van der Waals surface area contributed by atoms with E-state index in [0.717, 1.165) is 26.3 Å². The molecule has 0 amide bonds. The Morgan fingerprint density at radius 1 is 0.650 bits per heavy atom. The van der Waals surface area contributed by atoms with Gasteiger partial charge in [-0.1, -0.05) is 31.0 Å². The van der Waals surface area contributed by atoms with Crippen molar-refractivity contribution in [1.29, 1.82) is 0 Å². The zero-order valence-corrected chi connectivity index (χ0v) is 37.1. The maximum Gasteiger partial charge on any atom is 0.179 e. The summed E-state index contributed by atoms with van der Waals surface area (Å²) in [6.07, 6.45) is 0. The van der Waals surface area contributed by atoms with Crippen LogP contribution in [0.5, 0.6) is 5.75 Å². The molecule has 0 aliphatic carbocycles. The summed E-state index contributed by atoms with van der Waals surface area (Å²) < 4.78 is 31.0. The van der Waals surface area contributed by atoms with Crippen LogP contribution in [0.25, 0.3) is 21.5 Å². The quantitative estimate of drug-likeness (QED) is 0.0233. The van der Waals surface area contributed by atoms with Crippen LogP contribution < -0.4 is 20.9 Å². The molecular weight excluding hydrogens is 893 g/mol. The molecule has 0 saturated carbocycles. The average molecular weight is 927 g/mol. The van der Waals surface area contributed by atoms with Crippen LogP contribution in [0.3, 0.4) is 0 Å². The summed E-state index contributed by atoms with van der Waals surface area (Å²) in [5.74, 6) is -0.391. The van der Waals surface area contributed by atoms with Crippen LogP contribution >= 0.6 is 75.3 Å². The summed E-state index contributed by atoms with van der Waals surface area (Å²) in [6, 6.07) is 32.1. The molecule has 0 aromatic heterocycles. The number of anilines is 3. The van der Waals surface area contributed by atoms with E-state index in [9.17, 15) is 13.5 Å². The first kappa shape index (κ1) is 43.2. The number of sulfone groups is 1. The molecule has 7 rings (SSSR count). The molecule has 0 unspecified atom stereocenters. The van der Waals surface area contributed by atoms with Gasteiger partial charge in [0.25, 0.3) is 0 Å². The number of nitrogens with two attached hydrogens (primary N) is 2. The highest BCUT2D eigenvalue weighted by molar-refractivity contribution is 8.00. The predicted molar refractivity (Wildman–Crippen MR) is 258 cm³/mol. The molecule has 7 aromatic carbocycles. The monoisotopic (exact) mass is 926 g/mol. The van der Waals surface area contributed by atoms with Crippen LogP contribution in [0.2, 0.25) is 0 Å². The molecule has 0 saturated heterocycles. The van der Waals surface area contributed by atoms with Gasteiger partial charge in [0.15, 0.2) is 15.6 Å². The lowest BCUT2D eigenvalue weighted by molar-refractivity contribution is 0.481. The molecule has 0 bridgehead atoms. The molecule has 0 heterocycles. The first-order chi connectivity index (χ1) is 28.8. The Morgan fingerprint density at radius 2 is 1.30 bits per heavy atom. The van der Waals surface area contributed by atoms with Gasteiger partial charge in [-0.05, 0) is 114 Å². The van der Waals surface area contributed by atoms with Crippen LogP contribution in [0.4, 0.5) is 51.2 Å². The standard InChI is InChI=1S/C40H34N10O3S7/c41-29-14-13-27-28(2-1-3-31(27)54)37(29)47-44-22-4-6-24(7-5-22)50-59-25-10-8-23(9-11-25)45-49-39-34(57)19-21-18-33(56)38(36(42)35(21)40(39)51)48-46-30-15-12-26(20-32(30)55)60(52,53)17-16-43-58/h1-15,18-20,43,50-51,54-58H,16-17,41-42H2.